The molecule has 4 rings (SSSR count). The second-order valence-corrected chi connectivity index (χ2v) is 7.42. The van der Waals surface area contributed by atoms with Crippen LogP contribution in [0.15, 0.2) is 48.7 Å². The maximum atomic E-state index is 13.3. The van der Waals surface area contributed by atoms with Crippen molar-refractivity contribution in [3.8, 4) is 0 Å². The molecule has 0 saturated heterocycles. The van der Waals surface area contributed by atoms with Gasteiger partial charge in [0.2, 0.25) is 0 Å². The van der Waals surface area contributed by atoms with Gasteiger partial charge in [0, 0.05) is 42.4 Å². The smallest absolute Gasteiger partial charge is 0.340 e. The molecule has 1 aliphatic rings. The van der Waals surface area contributed by atoms with Crippen molar-refractivity contribution < 1.29 is 14.3 Å². The summed E-state index contributed by atoms with van der Waals surface area (Å²) in [6, 6.07) is 12.8. The van der Waals surface area contributed by atoms with Crippen LogP contribution in [-0.2, 0) is 22.5 Å². The van der Waals surface area contributed by atoms with Gasteiger partial charge in [0.1, 0.15) is 5.82 Å². The highest BCUT2D eigenvalue weighted by atomic mass is 16.5. The zero-order valence-electron chi connectivity index (χ0n) is 17.1. The summed E-state index contributed by atoms with van der Waals surface area (Å²) in [7, 11) is 2.02. The molecule has 0 bridgehead atoms. The van der Waals surface area contributed by atoms with Crippen LogP contribution in [0.3, 0.4) is 0 Å². The molecule has 2 aromatic heterocycles. The van der Waals surface area contributed by atoms with Crippen LogP contribution >= 0.6 is 0 Å². The predicted molar refractivity (Wildman–Crippen MR) is 114 cm³/mol. The number of likely N-dealkylation sites (N-methyl/N-ethyl adjacent to an activating group) is 1. The topological polar surface area (TPSA) is 84.4 Å². The molecule has 7 heteroatoms. The number of para-hydroxylation sites is 1. The lowest BCUT2D eigenvalue weighted by Crippen LogP contribution is -2.34. The molecule has 1 unspecified atom stereocenters. The Balaban J connectivity index is 1.65. The van der Waals surface area contributed by atoms with Crippen LogP contribution in [0.4, 0.5) is 5.82 Å². The van der Waals surface area contributed by atoms with Crippen LogP contribution in [0.25, 0.3) is 10.9 Å². The first-order valence-electron chi connectivity index (χ1n) is 10.1. The van der Waals surface area contributed by atoms with E-state index in [9.17, 15) is 9.59 Å². The van der Waals surface area contributed by atoms with Gasteiger partial charge in [-0.05, 0) is 31.7 Å². The molecule has 7 nitrogen and oxygen atoms in total. The van der Waals surface area contributed by atoms with Crippen molar-refractivity contribution in [2.24, 2.45) is 0 Å². The molecule has 1 N–H and O–H groups in total. The van der Waals surface area contributed by atoms with E-state index < -0.39 is 18.0 Å². The van der Waals surface area contributed by atoms with E-state index in [2.05, 4.69) is 15.2 Å². The van der Waals surface area contributed by atoms with Gasteiger partial charge in [-0.15, -0.1) is 0 Å². The number of benzene rings is 1. The van der Waals surface area contributed by atoms with Crippen molar-refractivity contribution >= 4 is 28.6 Å². The zero-order chi connectivity index (χ0) is 21.1. The molecule has 0 fully saturated rings. The number of ether oxygens (including phenoxy) is 1. The lowest BCUT2D eigenvalue weighted by atomic mass is 9.96. The van der Waals surface area contributed by atoms with E-state index in [0.717, 1.165) is 35.1 Å². The molecule has 1 aliphatic heterocycles. The Kier molecular flexibility index (Phi) is 5.72. The third kappa shape index (κ3) is 4.02. The van der Waals surface area contributed by atoms with Gasteiger partial charge in [-0.1, -0.05) is 31.2 Å². The molecule has 0 aliphatic carbocycles. The van der Waals surface area contributed by atoms with Gasteiger partial charge in [-0.3, -0.25) is 9.78 Å². The first-order chi connectivity index (χ1) is 14.6. The molecule has 154 valence electrons. The third-order valence-corrected chi connectivity index (χ3v) is 5.27. The van der Waals surface area contributed by atoms with E-state index in [-0.39, 0.29) is 0 Å². The first-order valence-corrected chi connectivity index (χ1v) is 10.1. The Morgan fingerprint density at radius 3 is 2.77 bits per heavy atom. The first kappa shape index (κ1) is 20.0. The van der Waals surface area contributed by atoms with Gasteiger partial charge in [0.25, 0.3) is 5.91 Å². The number of fused-ring (bicyclic) bond motifs is 2. The van der Waals surface area contributed by atoms with Crippen LogP contribution in [0.2, 0.25) is 0 Å². The fraction of sp³-hybridized carbons (Fsp3) is 0.304. The molecule has 3 heterocycles. The second kappa shape index (κ2) is 8.59. The van der Waals surface area contributed by atoms with E-state index in [0.29, 0.717) is 24.3 Å². The van der Waals surface area contributed by atoms with Crippen molar-refractivity contribution in [1.29, 1.82) is 0 Å². The Bertz CT molecular complexity index is 1080. The van der Waals surface area contributed by atoms with E-state index in [4.69, 9.17) is 9.72 Å². The van der Waals surface area contributed by atoms with Gasteiger partial charge < -0.3 is 15.0 Å². The van der Waals surface area contributed by atoms with E-state index >= 15 is 0 Å². The Hall–Kier alpha value is -3.32. The quantitative estimate of drug-likeness (QED) is 0.658. The lowest BCUT2D eigenvalue weighted by molar-refractivity contribution is -0.124. The number of hydrogen-bond acceptors (Lipinski definition) is 6. The van der Waals surface area contributed by atoms with Crippen molar-refractivity contribution in [2.75, 3.05) is 18.9 Å². The highest BCUT2D eigenvalue weighted by Crippen LogP contribution is 2.28. The molecule has 0 radical (unpaired) electrons. The summed E-state index contributed by atoms with van der Waals surface area (Å²) >= 11 is 0. The Morgan fingerprint density at radius 2 is 2.00 bits per heavy atom. The predicted octanol–water partition coefficient (Wildman–Crippen LogP) is 3.19. The van der Waals surface area contributed by atoms with Crippen molar-refractivity contribution in [3.63, 3.8) is 0 Å². The maximum Gasteiger partial charge on any atom is 0.340 e. The number of aromatic nitrogens is 2. The number of pyridine rings is 2. The van der Waals surface area contributed by atoms with Gasteiger partial charge in [0.15, 0.2) is 6.10 Å². The number of anilines is 1. The van der Waals surface area contributed by atoms with Crippen LogP contribution in [-0.4, -0.2) is 46.4 Å². The summed E-state index contributed by atoms with van der Waals surface area (Å²) in [5.41, 5.74) is 3.07. The molecule has 3 aromatic rings. The number of hydrogen-bond donors (Lipinski definition) is 1. The number of rotatable bonds is 5. The zero-order valence-corrected chi connectivity index (χ0v) is 17.1. The summed E-state index contributed by atoms with van der Waals surface area (Å²) in [5, 5.41) is 3.46. The number of carbonyl (C=O) groups excluding carboxylic acids is 2. The van der Waals surface area contributed by atoms with Crippen LogP contribution in [0.1, 0.15) is 35.0 Å². The SMILES string of the molecule is CCC(OC(=O)c1c2c(nc3ccccc13)CCN(C)C2)C(=O)Nc1ccccn1. The number of nitrogens with zero attached hydrogens (tertiary/aromatic N) is 3. The molecule has 1 aromatic carbocycles. The number of nitrogens with one attached hydrogen (secondary N) is 1. The number of esters is 1. The van der Waals surface area contributed by atoms with Crippen LogP contribution in [0, 0.1) is 0 Å². The minimum Gasteiger partial charge on any atom is -0.449 e. The minimum atomic E-state index is -0.914. The van der Waals surface area contributed by atoms with Crippen LogP contribution in [0.5, 0.6) is 0 Å². The van der Waals surface area contributed by atoms with Crippen molar-refractivity contribution in [1.82, 2.24) is 14.9 Å². The molecule has 0 spiro atoms. The third-order valence-electron chi connectivity index (χ3n) is 5.27. The molecule has 0 saturated carbocycles. The molecule has 30 heavy (non-hydrogen) atoms. The van der Waals surface area contributed by atoms with E-state index in [1.54, 1.807) is 24.4 Å². The monoisotopic (exact) mass is 404 g/mol. The number of amides is 1. The molecule has 1 amide bonds. The maximum absolute atomic E-state index is 13.3. The average molecular weight is 404 g/mol. The van der Waals surface area contributed by atoms with Gasteiger partial charge in [0.05, 0.1) is 11.1 Å². The Morgan fingerprint density at radius 1 is 1.20 bits per heavy atom. The minimum absolute atomic E-state index is 0.357. The fourth-order valence-electron chi connectivity index (χ4n) is 3.71. The lowest BCUT2D eigenvalue weighted by Gasteiger charge is -2.27. The fourth-order valence-corrected chi connectivity index (χ4v) is 3.71. The van der Waals surface area contributed by atoms with E-state index in [1.807, 2.05) is 38.2 Å². The Labute approximate surface area is 175 Å². The highest BCUT2D eigenvalue weighted by Gasteiger charge is 2.28. The van der Waals surface area contributed by atoms with E-state index in [1.165, 1.54) is 0 Å². The second-order valence-electron chi connectivity index (χ2n) is 7.42. The average Bonchev–Trinajstić information content (AvgIpc) is 2.76. The van der Waals surface area contributed by atoms with Gasteiger partial charge in [-0.25, -0.2) is 9.78 Å². The van der Waals surface area contributed by atoms with Crippen molar-refractivity contribution in [2.45, 2.75) is 32.4 Å². The van der Waals surface area contributed by atoms with Gasteiger partial charge in [-0.2, -0.15) is 0 Å². The van der Waals surface area contributed by atoms with Crippen LogP contribution < -0.4 is 5.32 Å². The summed E-state index contributed by atoms with van der Waals surface area (Å²) in [5.74, 6) is -0.470. The molecule has 1 atom stereocenters. The summed E-state index contributed by atoms with van der Waals surface area (Å²) in [4.78, 5) is 37.0. The summed E-state index contributed by atoms with van der Waals surface area (Å²) in [6.45, 7) is 3.31. The molecular weight excluding hydrogens is 380 g/mol. The largest absolute Gasteiger partial charge is 0.449 e. The standard InChI is InChI=1S/C23H24N4O3/c1-3-19(22(28)26-20-10-6-7-12-24-20)30-23(29)21-15-8-4-5-9-17(15)25-18-11-13-27(2)14-16(18)21/h4-10,12,19H,3,11,13-14H2,1-2H3,(H,24,26,28). The summed E-state index contributed by atoms with van der Waals surface area (Å²) < 4.78 is 5.70. The highest BCUT2D eigenvalue weighted by molar-refractivity contribution is 6.06. The van der Waals surface area contributed by atoms with Gasteiger partial charge >= 0.3 is 5.97 Å². The summed E-state index contributed by atoms with van der Waals surface area (Å²) in [6.07, 6.45) is 1.81. The number of carbonyl (C=O) groups is 2. The van der Waals surface area contributed by atoms with Crippen molar-refractivity contribution in [3.05, 3.63) is 65.5 Å². The normalized spacial score (nSPS) is 14.7. The molecular formula is C23H24N4O3.